The summed E-state index contributed by atoms with van der Waals surface area (Å²) in [6, 6.07) is 11.2. The third-order valence-corrected chi connectivity index (χ3v) is 4.43. The molecule has 0 aliphatic carbocycles. The Morgan fingerprint density at radius 3 is 2.74 bits per heavy atom. The van der Waals surface area contributed by atoms with E-state index in [4.69, 9.17) is 4.74 Å². The minimum atomic E-state index is -0.667. The fourth-order valence-corrected chi connectivity index (χ4v) is 2.92. The third kappa shape index (κ3) is 2.75. The number of para-hydroxylation sites is 1. The summed E-state index contributed by atoms with van der Waals surface area (Å²) < 4.78 is 22.0. The molecule has 2 aromatic heterocycles. The van der Waals surface area contributed by atoms with Crippen molar-refractivity contribution in [3.63, 3.8) is 0 Å². The fourth-order valence-electron chi connectivity index (χ4n) is 2.92. The van der Waals surface area contributed by atoms with Gasteiger partial charge in [0.05, 0.1) is 16.5 Å². The SMILES string of the molecule is Cc1ccc(C(=O)OCc2nnc3n(C)c(=O)c4ccccc4n23)cc1F. The molecule has 0 saturated heterocycles. The molecule has 4 aromatic rings. The second-order valence-electron chi connectivity index (χ2n) is 6.17. The molecule has 136 valence electrons. The average molecular weight is 366 g/mol. The summed E-state index contributed by atoms with van der Waals surface area (Å²) in [5.41, 5.74) is 0.990. The van der Waals surface area contributed by atoms with Crippen LogP contribution in [-0.2, 0) is 18.4 Å². The number of ether oxygens (including phenoxy) is 1. The van der Waals surface area contributed by atoms with Crippen LogP contribution < -0.4 is 5.56 Å². The zero-order chi connectivity index (χ0) is 19.1. The maximum absolute atomic E-state index is 13.7. The minimum absolute atomic E-state index is 0.115. The highest BCUT2D eigenvalue weighted by Gasteiger charge is 2.16. The summed E-state index contributed by atoms with van der Waals surface area (Å²) in [5.74, 6) is -0.443. The second kappa shape index (κ2) is 6.31. The molecule has 27 heavy (non-hydrogen) atoms. The summed E-state index contributed by atoms with van der Waals surface area (Å²) in [6.45, 7) is 1.44. The van der Waals surface area contributed by atoms with Gasteiger partial charge in [-0.3, -0.25) is 13.8 Å². The topological polar surface area (TPSA) is 78.5 Å². The summed E-state index contributed by atoms with van der Waals surface area (Å²) >= 11 is 0. The molecule has 2 heterocycles. The van der Waals surface area contributed by atoms with Gasteiger partial charge < -0.3 is 4.74 Å². The molecular formula is C19H15FN4O3. The van der Waals surface area contributed by atoms with Gasteiger partial charge in [-0.15, -0.1) is 10.2 Å². The van der Waals surface area contributed by atoms with Crippen molar-refractivity contribution in [3.05, 3.63) is 75.6 Å². The number of fused-ring (bicyclic) bond motifs is 3. The van der Waals surface area contributed by atoms with Crippen LogP contribution in [0.3, 0.4) is 0 Å². The van der Waals surface area contributed by atoms with E-state index < -0.39 is 11.8 Å². The normalized spacial score (nSPS) is 11.2. The summed E-state index contributed by atoms with van der Waals surface area (Å²) in [5, 5.41) is 8.58. The molecule has 7 nitrogen and oxygen atoms in total. The van der Waals surface area contributed by atoms with E-state index in [1.54, 1.807) is 42.6 Å². The van der Waals surface area contributed by atoms with Crippen LogP contribution >= 0.6 is 0 Å². The first-order chi connectivity index (χ1) is 13.0. The molecule has 0 amide bonds. The van der Waals surface area contributed by atoms with Crippen molar-refractivity contribution in [1.82, 2.24) is 19.2 Å². The number of hydrogen-bond donors (Lipinski definition) is 0. The van der Waals surface area contributed by atoms with Gasteiger partial charge in [0.2, 0.25) is 5.78 Å². The number of esters is 1. The Morgan fingerprint density at radius 1 is 1.19 bits per heavy atom. The Balaban J connectivity index is 1.72. The Morgan fingerprint density at radius 2 is 1.96 bits per heavy atom. The molecule has 2 aromatic carbocycles. The number of carbonyl (C=O) groups is 1. The van der Waals surface area contributed by atoms with Crippen molar-refractivity contribution < 1.29 is 13.9 Å². The first-order valence-electron chi connectivity index (χ1n) is 8.22. The van der Waals surface area contributed by atoms with Crippen molar-refractivity contribution >= 4 is 22.6 Å². The predicted molar refractivity (Wildman–Crippen MR) is 96.0 cm³/mol. The van der Waals surface area contributed by atoms with Crippen molar-refractivity contribution in [2.75, 3.05) is 0 Å². The average Bonchev–Trinajstić information content (AvgIpc) is 3.10. The lowest BCUT2D eigenvalue weighted by molar-refractivity contribution is 0.0461. The van der Waals surface area contributed by atoms with Crippen LogP contribution in [0.15, 0.2) is 47.3 Å². The lowest BCUT2D eigenvalue weighted by atomic mass is 10.1. The van der Waals surface area contributed by atoms with Crippen molar-refractivity contribution in [2.45, 2.75) is 13.5 Å². The van der Waals surface area contributed by atoms with Gasteiger partial charge in [0.15, 0.2) is 12.4 Å². The van der Waals surface area contributed by atoms with Crippen LogP contribution in [0, 0.1) is 12.7 Å². The lowest BCUT2D eigenvalue weighted by Gasteiger charge is -2.08. The van der Waals surface area contributed by atoms with E-state index in [0.29, 0.717) is 28.1 Å². The highest BCUT2D eigenvalue weighted by molar-refractivity contribution is 5.89. The summed E-state index contributed by atoms with van der Waals surface area (Å²) in [6.07, 6.45) is 0. The van der Waals surface area contributed by atoms with Gasteiger partial charge in [0.1, 0.15) is 5.82 Å². The third-order valence-electron chi connectivity index (χ3n) is 4.43. The number of rotatable bonds is 3. The fraction of sp³-hybridized carbons (Fsp3) is 0.158. The Bertz CT molecular complexity index is 1260. The van der Waals surface area contributed by atoms with E-state index in [-0.39, 0.29) is 17.7 Å². The zero-order valence-electron chi connectivity index (χ0n) is 14.6. The number of benzene rings is 2. The van der Waals surface area contributed by atoms with Gasteiger partial charge in [-0.05, 0) is 36.8 Å². The van der Waals surface area contributed by atoms with Gasteiger partial charge in [-0.2, -0.15) is 0 Å². The first-order valence-corrected chi connectivity index (χ1v) is 8.22. The maximum atomic E-state index is 13.7. The largest absolute Gasteiger partial charge is 0.454 e. The van der Waals surface area contributed by atoms with E-state index in [0.717, 1.165) is 6.07 Å². The van der Waals surface area contributed by atoms with E-state index >= 15 is 0 Å². The van der Waals surface area contributed by atoms with Crippen LogP contribution in [0.2, 0.25) is 0 Å². The van der Waals surface area contributed by atoms with E-state index in [1.165, 1.54) is 16.7 Å². The van der Waals surface area contributed by atoms with Crippen LogP contribution in [0.4, 0.5) is 4.39 Å². The monoisotopic (exact) mass is 366 g/mol. The molecule has 0 saturated carbocycles. The van der Waals surface area contributed by atoms with E-state index in [2.05, 4.69) is 10.2 Å². The molecule has 8 heteroatoms. The van der Waals surface area contributed by atoms with Crippen molar-refractivity contribution in [3.8, 4) is 0 Å². The second-order valence-corrected chi connectivity index (χ2v) is 6.17. The summed E-state index contributed by atoms with van der Waals surface area (Å²) in [4.78, 5) is 24.6. The van der Waals surface area contributed by atoms with Gasteiger partial charge in [-0.1, -0.05) is 18.2 Å². The number of hydrogen-bond acceptors (Lipinski definition) is 5. The number of nitrogens with zero attached hydrogens (tertiary/aromatic N) is 4. The molecule has 4 rings (SSSR count). The van der Waals surface area contributed by atoms with Gasteiger partial charge >= 0.3 is 5.97 Å². The quantitative estimate of drug-likeness (QED) is 0.520. The van der Waals surface area contributed by atoms with Crippen LogP contribution in [0.1, 0.15) is 21.7 Å². The molecule has 0 radical (unpaired) electrons. The maximum Gasteiger partial charge on any atom is 0.338 e. The molecule has 0 atom stereocenters. The summed E-state index contributed by atoms with van der Waals surface area (Å²) in [7, 11) is 1.60. The number of aryl methyl sites for hydroxylation is 2. The Kier molecular flexibility index (Phi) is 3.95. The lowest BCUT2D eigenvalue weighted by Crippen LogP contribution is -2.20. The molecule has 0 N–H and O–H groups in total. The van der Waals surface area contributed by atoms with E-state index in [1.807, 2.05) is 0 Å². The molecule has 0 spiro atoms. The van der Waals surface area contributed by atoms with Crippen LogP contribution in [0.5, 0.6) is 0 Å². The molecular weight excluding hydrogens is 351 g/mol. The number of aromatic nitrogens is 4. The molecule has 0 aliphatic heterocycles. The van der Waals surface area contributed by atoms with Crippen molar-refractivity contribution in [1.29, 1.82) is 0 Å². The predicted octanol–water partition coefficient (Wildman–Crippen LogP) is 2.39. The van der Waals surface area contributed by atoms with Crippen LogP contribution in [0.25, 0.3) is 16.7 Å². The van der Waals surface area contributed by atoms with E-state index in [9.17, 15) is 14.0 Å². The number of halogens is 1. The smallest absolute Gasteiger partial charge is 0.338 e. The van der Waals surface area contributed by atoms with Gasteiger partial charge in [-0.25, -0.2) is 9.18 Å². The van der Waals surface area contributed by atoms with Crippen molar-refractivity contribution in [2.24, 2.45) is 7.05 Å². The molecule has 0 unspecified atom stereocenters. The standard InChI is InChI=1S/C19H15FN4O3/c1-11-7-8-12(9-14(11)20)18(26)27-10-16-21-22-19-23(2)17(25)13-5-3-4-6-15(13)24(16)19/h3-9H,10H2,1-2H3. The van der Waals surface area contributed by atoms with Crippen LogP contribution in [-0.4, -0.2) is 25.1 Å². The highest BCUT2D eigenvalue weighted by atomic mass is 19.1. The molecule has 0 fully saturated rings. The molecule has 0 bridgehead atoms. The van der Waals surface area contributed by atoms with Gasteiger partial charge in [0, 0.05) is 7.05 Å². The zero-order valence-corrected chi connectivity index (χ0v) is 14.6. The minimum Gasteiger partial charge on any atom is -0.454 e. The molecule has 0 aliphatic rings. The highest BCUT2D eigenvalue weighted by Crippen LogP contribution is 2.15. The Labute approximate surface area is 152 Å². The first kappa shape index (κ1) is 16.9. The van der Waals surface area contributed by atoms with Gasteiger partial charge in [0.25, 0.3) is 5.56 Å². The Hall–Kier alpha value is -3.55. The number of carbonyl (C=O) groups excluding carboxylic acids is 1.